The summed E-state index contributed by atoms with van der Waals surface area (Å²) in [7, 11) is 1.80. The topological polar surface area (TPSA) is 49.9 Å². The molecular formula is C31H31ClN2O3. The number of benzene rings is 3. The predicted octanol–water partition coefficient (Wildman–Crippen LogP) is 6.32. The van der Waals surface area contributed by atoms with E-state index in [4.69, 9.17) is 16.3 Å². The normalized spacial score (nSPS) is 20.3. The van der Waals surface area contributed by atoms with Crippen molar-refractivity contribution in [2.24, 2.45) is 0 Å². The molecule has 0 N–H and O–H groups in total. The Morgan fingerprint density at radius 1 is 0.973 bits per heavy atom. The third-order valence-corrected chi connectivity index (χ3v) is 7.40. The third kappa shape index (κ3) is 5.89. The van der Waals surface area contributed by atoms with Crippen molar-refractivity contribution in [2.45, 2.75) is 50.9 Å². The molecule has 0 aromatic heterocycles. The third-order valence-electron chi connectivity index (χ3n) is 7.15. The van der Waals surface area contributed by atoms with E-state index in [0.717, 1.165) is 42.4 Å². The molecule has 1 saturated carbocycles. The van der Waals surface area contributed by atoms with Crippen LogP contribution in [0.5, 0.6) is 0 Å². The molecule has 3 aromatic rings. The summed E-state index contributed by atoms with van der Waals surface area (Å²) in [5.41, 5.74) is 3.56. The lowest BCUT2D eigenvalue weighted by Gasteiger charge is -2.44. The molecule has 2 unspecified atom stereocenters. The molecule has 2 amide bonds. The van der Waals surface area contributed by atoms with Crippen LogP contribution >= 0.6 is 11.6 Å². The first-order valence-electron chi connectivity index (χ1n) is 12.8. The highest BCUT2D eigenvalue weighted by Crippen LogP contribution is 2.34. The molecule has 1 aliphatic heterocycles. The summed E-state index contributed by atoms with van der Waals surface area (Å²) < 4.78 is 6.25. The van der Waals surface area contributed by atoms with Crippen LogP contribution in [0.2, 0.25) is 5.02 Å². The Labute approximate surface area is 223 Å². The molecule has 1 saturated heterocycles. The number of fused-ring (bicyclic) bond motifs is 1. The van der Waals surface area contributed by atoms with Crippen LogP contribution in [0.3, 0.4) is 0 Å². The molecular weight excluding hydrogens is 484 g/mol. The number of morpholine rings is 1. The average Bonchev–Trinajstić information content (AvgIpc) is 2.92. The summed E-state index contributed by atoms with van der Waals surface area (Å²) >= 11 is 6.06. The Bertz CT molecular complexity index is 1270. The van der Waals surface area contributed by atoms with Gasteiger partial charge in [0.2, 0.25) is 0 Å². The van der Waals surface area contributed by atoms with Crippen molar-refractivity contribution in [3.8, 4) is 0 Å². The van der Waals surface area contributed by atoms with E-state index in [-0.39, 0.29) is 24.0 Å². The van der Waals surface area contributed by atoms with E-state index in [0.29, 0.717) is 29.4 Å². The Hall–Kier alpha value is -3.57. The van der Waals surface area contributed by atoms with Gasteiger partial charge in [-0.05, 0) is 66.3 Å². The van der Waals surface area contributed by atoms with Crippen LogP contribution in [0.15, 0.2) is 84.6 Å². The monoisotopic (exact) mass is 514 g/mol. The van der Waals surface area contributed by atoms with Crippen LogP contribution in [0.25, 0.3) is 6.08 Å². The molecule has 0 bridgehead atoms. The summed E-state index contributed by atoms with van der Waals surface area (Å²) in [5, 5.41) is 0.682. The van der Waals surface area contributed by atoms with E-state index in [1.807, 2.05) is 71.6 Å². The van der Waals surface area contributed by atoms with Crippen LogP contribution in [-0.2, 0) is 22.6 Å². The highest BCUT2D eigenvalue weighted by atomic mass is 35.5. The number of halogens is 1. The molecule has 1 heterocycles. The molecule has 37 heavy (non-hydrogen) atoms. The second kappa shape index (κ2) is 11.2. The second-order valence-corrected chi connectivity index (χ2v) is 10.3. The first-order chi connectivity index (χ1) is 18.0. The minimum atomic E-state index is -0.0964. The van der Waals surface area contributed by atoms with Crippen molar-refractivity contribution in [3.05, 3.63) is 112 Å². The van der Waals surface area contributed by atoms with Gasteiger partial charge < -0.3 is 14.5 Å². The van der Waals surface area contributed by atoms with Crippen molar-refractivity contribution in [1.29, 1.82) is 0 Å². The number of carbonyl (C=O) groups excluding carboxylic acids is 2. The zero-order chi connectivity index (χ0) is 25.8. The lowest BCUT2D eigenvalue weighted by molar-refractivity contribution is -0.149. The van der Waals surface area contributed by atoms with Crippen molar-refractivity contribution in [2.75, 3.05) is 7.05 Å². The molecule has 0 spiro atoms. The quantitative estimate of drug-likeness (QED) is 0.361. The van der Waals surface area contributed by atoms with Gasteiger partial charge in [-0.25, -0.2) is 0 Å². The number of hydrogen-bond acceptors (Lipinski definition) is 3. The Kier molecular flexibility index (Phi) is 7.61. The fourth-order valence-corrected chi connectivity index (χ4v) is 5.30. The van der Waals surface area contributed by atoms with Crippen molar-refractivity contribution >= 4 is 29.5 Å². The molecule has 2 fully saturated rings. The first kappa shape index (κ1) is 25.1. The van der Waals surface area contributed by atoms with Crippen molar-refractivity contribution in [1.82, 2.24) is 9.80 Å². The van der Waals surface area contributed by atoms with Gasteiger partial charge in [-0.2, -0.15) is 0 Å². The molecule has 5 rings (SSSR count). The van der Waals surface area contributed by atoms with Crippen LogP contribution in [0.1, 0.15) is 52.7 Å². The van der Waals surface area contributed by atoms with Crippen LogP contribution in [0.4, 0.5) is 0 Å². The zero-order valence-corrected chi connectivity index (χ0v) is 21.7. The van der Waals surface area contributed by atoms with Gasteiger partial charge in [0.1, 0.15) is 6.10 Å². The molecule has 190 valence electrons. The molecule has 1 aliphatic carbocycles. The lowest BCUT2D eigenvalue weighted by Crippen LogP contribution is -2.54. The summed E-state index contributed by atoms with van der Waals surface area (Å²) in [6, 6.07) is 25.0. The zero-order valence-electron chi connectivity index (χ0n) is 21.0. The van der Waals surface area contributed by atoms with Gasteiger partial charge in [-0.1, -0.05) is 72.6 Å². The van der Waals surface area contributed by atoms with Crippen LogP contribution < -0.4 is 0 Å². The molecule has 5 nitrogen and oxygen atoms in total. The minimum Gasteiger partial charge on any atom is -0.482 e. The minimum absolute atomic E-state index is 0.00233. The predicted molar refractivity (Wildman–Crippen MR) is 146 cm³/mol. The fraction of sp³-hybridized carbons (Fsp3) is 0.290. The number of hydrogen-bond donors (Lipinski definition) is 0. The lowest BCUT2D eigenvalue weighted by atomic mass is 9.89. The van der Waals surface area contributed by atoms with Gasteiger partial charge in [-0.15, -0.1) is 0 Å². The maximum atomic E-state index is 13.5. The summed E-state index contributed by atoms with van der Waals surface area (Å²) in [6.07, 6.45) is 5.88. The van der Waals surface area contributed by atoms with Crippen molar-refractivity contribution in [3.63, 3.8) is 0 Å². The standard InChI is InChI=1S/C31H31ClN2O3/c1-33(20-23-7-3-2-4-8-23)30(35)25-15-11-22(12-16-25)19-29-31(36)34(21-24-13-17-26(32)18-14-24)27-9-5-6-10-28(27)37-29/h2-4,7-8,11-19,27-28H,5-6,9-10,20-21H2,1H3/b29-19-. The van der Waals surface area contributed by atoms with Gasteiger partial charge in [0.05, 0.1) is 6.04 Å². The first-order valence-corrected chi connectivity index (χ1v) is 13.2. The second-order valence-electron chi connectivity index (χ2n) is 9.85. The highest BCUT2D eigenvalue weighted by Gasteiger charge is 2.41. The Morgan fingerprint density at radius 2 is 1.68 bits per heavy atom. The van der Waals surface area contributed by atoms with Gasteiger partial charge in [0, 0.05) is 30.7 Å². The molecule has 6 heteroatoms. The smallest absolute Gasteiger partial charge is 0.289 e. The number of nitrogens with zero attached hydrogens (tertiary/aromatic N) is 2. The number of ether oxygens (including phenoxy) is 1. The van der Waals surface area contributed by atoms with Gasteiger partial charge >= 0.3 is 0 Å². The Morgan fingerprint density at radius 3 is 2.41 bits per heavy atom. The SMILES string of the molecule is CN(Cc1ccccc1)C(=O)c1ccc(/C=C2\OC3CCCCC3N(Cc3ccc(Cl)cc3)C2=O)cc1. The molecule has 3 aromatic carbocycles. The highest BCUT2D eigenvalue weighted by molar-refractivity contribution is 6.30. The van der Waals surface area contributed by atoms with Gasteiger partial charge in [0.15, 0.2) is 5.76 Å². The van der Waals surface area contributed by atoms with Gasteiger partial charge in [0.25, 0.3) is 11.8 Å². The average molecular weight is 515 g/mol. The van der Waals surface area contributed by atoms with Gasteiger partial charge in [-0.3, -0.25) is 9.59 Å². The van der Waals surface area contributed by atoms with Crippen LogP contribution in [0, 0.1) is 0 Å². The van der Waals surface area contributed by atoms with E-state index < -0.39 is 0 Å². The van der Waals surface area contributed by atoms with Crippen LogP contribution in [-0.4, -0.2) is 40.8 Å². The summed E-state index contributed by atoms with van der Waals surface area (Å²) in [6.45, 7) is 1.07. The van der Waals surface area contributed by atoms with E-state index in [9.17, 15) is 9.59 Å². The van der Waals surface area contributed by atoms with Crippen molar-refractivity contribution < 1.29 is 14.3 Å². The molecule has 0 radical (unpaired) electrons. The van der Waals surface area contributed by atoms with E-state index >= 15 is 0 Å². The largest absolute Gasteiger partial charge is 0.482 e. The fourth-order valence-electron chi connectivity index (χ4n) is 5.17. The summed E-state index contributed by atoms with van der Waals surface area (Å²) in [4.78, 5) is 30.1. The molecule has 2 aliphatic rings. The maximum absolute atomic E-state index is 13.5. The maximum Gasteiger partial charge on any atom is 0.289 e. The summed E-state index contributed by atoms with van der Waals surface area (Å²) in [5.74, 6) is 0.213. The van der Waals surface area contributed by atoms with E-state index in [2.05, 4.69) is 0 Å². The molecule has 2 atom stereocenters. The number of amides is 2. The Balaban J connectivity index is 1.32. The number of rotatable bonds is 6. The number of carbonyl (C=O) groups is 2. The van der Waals surface area contributed by atoms with E-state index in [1.54, 1.807) is 30.2 Å². The van der Waals surface area contributed by atoms with E-state index in [1.165, 1.54) is 0 Å².